The van der Waals surface area contributed by atoms with Gasteiger partial charge in [-0.25, -0.2) is 0 Å². The molecule has 0 aromatic heterocycles. The van der Waals surface area contributed by atoms with Crippen LogP contribution >= 0.6 is 7.60 Å². The maximum Gasteiger partial charge on any atom is 0.343 e. The fourth-order valence-corrected chi connectivity index (χ4v) is 3.78. The Kier molecular flexibility index (Phi) is 4.49. The van der Waals surface area contributed by atoms with Crippen LogP contribution in [0.2, 0.25) is 0 Å². The highest BCUT2D eigenvalue weighted by molar-refractivity contribution is 7.54. The van der Waals surface area contributed by atoms with Crippen LogP contribution in [0.4, 0.5) is 0 Å². The van der Waals surface area contributed by atoms with E-state index in [4.69, 9.17) is 0 Å². The molecule has 4 nitrogen and oxygen atoms in total. The predicted octanol–water partition coefficient (Wildman–Crippen LogP) is 2.62. The second-order valence-corrected chi connectivity index (χ2v) is 6.18. The van der Waals surface area contributed by atoms with Crippen LogP contribution in [0, 0.1) is 0 Å². The Balaban J connectivity index is 3.64. The minimum Gasteiger partial charge on any atom is -0.323 e. The molecule has 0 amide bonds. The van der Waals surface area contributed by atoms with Gasteiger partial charge in [0.1, 0.15) is 0 Å². The number of hydrogen-bond donors (Lipinski definition) is 2. The Morgan fingerprint density at radius 2 is 1.83 bits per heavy atom. The topological polar surface area (TPSA) is 74.6 Å². The fourth-order valence-electron chi connectivity index (χ4n) is 2.43. The van der Waals surface area contributed by atoms with Crippen molar-refractivity contribution in [2.24, 2.45) is 0 Å². The molecular formula is C13H19O4P. The van der Waals surface area contributed by atoms with Gasteiger partial charge in [-0.3, -0.25) is 9.36 Å². The summed E-state index contributed by atoms with van der Waals surface area (Å²) in [6, 6.07) is 6.96. The van der Waals surface area contributed by atoms with E-state index >= 15 is 0 Å². The highest BCUT2D eigenvalue weighted by Crippen LogP contribution is 2.60. The van der Waals surface area contributed by atoms with Crippen molar-refractivity contribution >= 4 is 13.4 Å². The van der Waals surface area contributed by atoms with Gasteiger partial charge in [0.25, 0.3) is 0 Å². The van der Waals surface area contributed by atoms with Crippen LogP contribution in [-0.4, -0.2) is 15.6 Å². The van der Waals surface area contributed by atoms with Gasteiger partial charge in [0.2, 0.25) is 0 Å². The van der Waals surface area contributed by atoms with Crippen molar-refractivity contribution in [3.8, 4) is 0 Å². The van der Waals surface area contributed by atoms with E-state index in [1.807, 2.05) is 13.0 Å². The van der Waals surface area contributed by atoms with E-state index in [0.29, 0.717) is 12.0 Å². The predicted molar refractivity (Wildman–Crippen MR) is 70.5 cm³/mol. The van der Waals surface area contributed by atoms with E-state index in [1.54, 1.807) is 25.1 Å². The van der Waals surface area contributed by atoms with Crippen LogP contribution in [0.5, 0.6) is 0 Å². The minimum absolute atomic E-state index is 0.0869. The Bertz CT molecular complexity index is 492. The summed E-state index contributed by atoms with van der Waals surface area (Å²) in [5.74, 6) is -0.487. The molecule has 0 saturated heterocycles. The van der Waals surface area contributed by atoms with E-state index in [9.17, 15) is 19.1 Å². The van der Waals surface area contributed by atoms with E-state index in [-0.39, 0.29) is 6.42 Å². The first-order valence-electron chi connectivity index (χ1n) is 5.96. The molecule has 0 radical (unpaired) electrons. The molecule has 0 spiro atoms. The number of carbonyl (C=O) groups is 1. The smallest absolute Gasteiger partial charge is 0.323 e. The van der Waals surface area contributed by atoms with Crippen molar-refractivity contribution in [3.05, 3.63) is 35.4 Å². The zero-order chi connectivity index (χ0) is 14.0. The molecule has 0 aliphatic rings. The lowest BCUT2D eigenvalue weighted by atomic mass is 9.87. The Hall–Kier alpha value is -0.960. The van der Waals surface area contributed by atoms with Gasteiger partial charge in [0.15, 0.2) is 10.9 Å². The van der Waals surface area contributed by atoms with Crippen LogP contribution in [0.3, 0.4) is 0 Å². The highest BCUT2D eigenvalue weighted by atomic mass is 31.2. The summed E-state index contributed by atoms with van der Waals surface area (Å²) < 4.78 is 11.9. The number of aryl methyl sites for hydroxylation is 1. The lowest BCUT2D eigenvalue weighted by Crippen LogP contribution is -2.34. The van der Waals surface area contributed by atoms with Crippen molar-refractivity contribution in [1.29, 1.82) is 0 Å². The van der Waals surface area contributed by atoms with Crippen LogP contribution in [0.25, 0.3) is 0 Å². The summed E-state index contributed by atoms with van der Waals surface area (Å²) in [6.07, 6.45) is 0.717. The minimum atomic E-state index is -4.57. The van der Waals surface area contributed by atoms with Crippen molar-refractivity contribution < 1.29 is 19.1 Å². The van der Waals surface area contributed by atoms with Gasteiger partial charge in [-0.05, 0) is 30.9 Å². The highest BCUT2D eigenvalue weighted by Gasteiger charge is 2.51. The third-order valence-electron chi connectivity index (χ3n) is 3.44. The third kappa shape index (κ3) is 2.28. The average molecular weight is 270 g/mol. The maximum absolute atomic E-state index is 11.9. The Morgan fingerprint density at radius 3 is 2.22 bits per heavy atom. The number of benzene rings is 1. The van der Waals surface area contributed by atoms with E-state index in [2.05, 4.69) is 0 Å². The fraction of sp³-hybridized carbons (Fsp3) is 0.462. The average Bonchev–Trinajstić information content (AvgIpc) is 2.29. The van der Waals surface area contributed by atoms with Crippen LogP contribution in [0.1, 0.15) is 38.3 Å². The quantitative estimate of drug-likeness (QED) is 0.806. The first kappa shape index (κ1) is 15.1. The maximum atomic E-state index is 11.9. The molecule has 18 heavy (non-hydrogen) atoms. The number of carbonyl (C=O) groups excluding carboxylic acids is 1. The molecule has 1 unspecified atom stereocenters. The molecule has 2 N–H and O–H groups in total. The molecule has 1 rings (SSSR count). The van der Waals surface area contributed by atoms with Gasteiger partial charge in [-0.2, -0.15) is 0 Å². The molecule has 0 saturated carbocycles. The molecule has 0 fully saturated rings. The summed E-state index contributed by atoms with van der Waals surface area (Å²) in [6.45, 7) is 4.78. The first-order valence-corrected chi connectivity index (χ1v) is 7.57. The lowest BCUT2D eigenvalue weighted by Gasteiger charge is -2.32. The van der Waals surface area contributed by atoms with Gasteiger partial charge in [-0.1, -0.05) is 38.1 Å². The molecular weight excluding hydrogens is 251 g/mol. The van der Waals surface area contributed by atoms with E-state index in [1.165, 1.54) is 6.92 Å². The molecule has 0 bridgehead atoms. The molecule has 0 heterocycles. The molecule has 1 atom stereocenters. The zero-order valence-electron chi connectivity index (χ0n) is 10.9. The molecule has 0 aliphatic heterocycles. The number of hydrogen-bond acceptors (Lipinski definition) is 2. The van der Waals surface area contributed by atoms with Crippen LogP contribution < -0.4 is 0 Å². The molecule has 1 aromatic rings. The Morgan fingerprint density at radius 1 is 1.28 bits per heavy atom. The van der Waals surface area contributed by atoms with Crippen LogP contribution in [-0.2, 0) is 20.9 Å². The molecule has 100 valence electrons. The van der Waals surface area contributed by atoms with Gasteiger partial charge in [0, 0.05) is 0 Å². The van der Waals surface area contributed by atoms with Crippen molar-refractivity contribution in [3.63, 3.8) is 0 Å². The SMILES string of the molecule is CCc1ccccc1C(CC)(C(C)=O)P(=O)(O)O. The summed E-state index contributed by atoms with van der Waals surface area (Å²) in [5.41, 5.74) is 1.26. The molecule has 0 aliphatic carbocycles. The van der Waals surface area contributed by atoms with Gasteiger partial charge < -0.3 is 9.79 Å². The third-order valence-corrected chi connectivity index (χ3v) is 5.30. The first-order chi connectivity index (χ1) is 8.31. The summed E-state index contributed by atoms with van der Waals surface area (Å²) in [7, 11) is -4.57. The van der Waals surface area contributed by atoms with E-state index in [0.717, 1.165) is 5.56 Å². The standard InChI is InChI=1S/C13H19O4P/c1-4-11-8-6-7-9-12(11)13(5-2,10(3)14)18(15,16)17/h6-9H,4-5H2,1-3H3,(H2,15,16,17). The number of ketones is 1. The monoisotopic (exact) mass is 270 g/mol. The van der Waals surface area contributed by atoms with E-state index < -0.39 is 18.5 Å². The Labute approximate surface area is 107 Å². The number of Topliss-reactive ketones (excluding diaryl/α,β-unsaturated/α-hetero) is 1. The summed E-state index contributed by atoms with van der Waals surface area (Å²) >= 11 is 0. The molecule has 1 aromatic carbocycles. The van der Waals surface area contributed by atoms with Crippen molar-refractivity contribution in [1.82, 2.24) is 0 Å². The van der Waals surface area contributed by atoms with Crippen LogP contribution in [0.15, 0.2) is 24.3 Å². The summed E-state index contributed by atoms with van der Waals surface area (Å²) in [5, 5.41) is -1.71. The van der Waals surface area contributed by atoms with Gasteiger partial charge >= 0.3 is 7.60 Å². The summed E-state index contributed by atoms with van der Waals surface area (Å²) in [4.78, 5) is 31.2. The van der Waals surface area contributed by atoms with Gasteiger partial charge in [0.05, 0.1) is 0 Å². The second kappa shape index (κ2) is 5.35. The molecule has 5 heteroatoms. The lowest BCUT2D eigenvalue weighted by molar-refractivity contribution is -0.120. The van der Waals surface area contributed by atoms with Gasteiger partial charge in [-0.15, -0.1) is 0 Å². The zero-order valence-corrected chi connectivity index (χ0v) is 11.8. The van der Waals surface area contributed by atoms with Crippen molar-refractivity contribution in [2.75, 3.05) is 0 Å². The second-order valence-electron chi connectivity index (χ2n) is 4.32. The van der Waals surface area contributed by atoms with Crippen molar-refractivity contribution in [2.45, 2.75) is 38.8 Å². The normalized spacial score (nSPS) is 15.2. The largest absolute Gasteiger partial charge is 0.343 e. The number of rotatable bonds is 5.